The summed E-state index contributed by atoms with van der Waals surface area (Å²) in [6, 6.07) is 12.7. The fraction of sp³-hybridized carbons (Fsp3) is 0. The lowest BCUT2D eigenvalue weighted by molar-refractivity contribution is 0.0945. The number of nitrogens with two attached hydrogens (primary N) is 2. The molecule has 3 heterocycles. The maximum Gasteiger partial charge on any atom is 0.290 e. The molecule has 12 heteroatoms. The summed E-state index contributed by atoms with van der Waals surface area (Å²) in [6.45, 7) is 0. The molecule has 3 aromatic heterocycles. The van der Waals surface area contributed by atoms with Crippen LogP contribution in [0.2, 0.25) is 5.02 Å². The number of carbonyl (C=O) groups is 2. The van der Waals surface area contributed by atoms with E-state index in [4.69, 9.17) is 23.1 Å². The van der Waals surface area contributed by atoms with Gasteiger partial charge in [-0.3, -0.25) is 19.6 Å². The number of hydrogen-bond acceptors (Lipinski definition) is 7. The van der Waals surface area contributed by atoms with Gasteiger partial charge in [-0.05, 0) is 36.4 Å². The highest BCUT2D eigenvalue weighted by Crippen LogP contribution is 2.12. The van der Waals surface area contributed by atoms with Gasteiger partial charge in [0.1, 0.15) is 22.8 Å². The summed E-state index contributed by atoms with van der Waals surface area (Å²) in [5.41, 5.74) is 16.5. The Hall–Kier alpha value is -4.38. The molecule has 156 valence electrons. The number of carbonyl (C=O) groups excluding carboxylic acids is 2. The monoisotopic (exact) mass is 437 g/mol. The first-order chi connectivity index (χ1) is 14.9. The molecule has 31 heavy (non-hydrogen) atoms. The SMILES string of the molecule is N/C(=N\NC(=O)c1cc(Cl)cc(C(=O)N/N=C(\N)c2ccccn2)n1)c1ccccn1. The molecule has 3 aromatic rings. The van der Waals surface area contributed by atoms with Crippen molar-refractivity contribution in [2.24, 2.45) is 21.7 Å². The summed E-state index contributed by atoms with van der Waals surface area (Å²) in [5, 5.41) is 7.65. The van der Waals surface area contributed by atoms with Gasteiger partial charge in [0.05, 0.1) is 0 Å². The van der Waals surface area contributed by atoms with Gasteiger partial charge in [0.15, 0.2) is 11.7 Å². The standard InChI is InChI=1S/C19H16ClN9O2/c20-11-9-14(18(30)28-26-16(21)12-5-1-3-7-23-12)25-15(10-11)19(31)29-27-17(22)13-6-2-4-8-24-13/h1-10H,(H2,21,26)(H2,22,27)(H,28,30)(H,29,31). The Morgan fingerprint density at radius 3 is 1.61 bits per heavy atom. The Balaban J connectivity index is 1.72. The van der Waals surface area contributed by atoms with Crippen LogP contribution in [0.3, 0.4) is 0 Å². The van der Waals surface area contributed by atoms with Gasteiger partial charge in [-0.2, -0.15) is 10.2 Å². The van der Waals surface area contributed by atoms with Crippen LogP contribution in [-0.4, -0.2) is 38.4 Å². The number of aromatic nitrogens is 3. The Bertz CT molecular complexity index is 1060. The molecule has 6 N–H and O–H groups in total. The topological polar surface area (TPSA) is 174 Å². The van der Waals surface area contributed by atoms with Crippen molar-refractivity contribution >= 4 is 35.1 Å². The van der Waals surface area contributed by atoms with Gasteiger partial charge in [-0.1, -0.05) is 23.7 Å². The van der Waals surface area contributed by atoms with E-state index < -0.39 is 11.8 Å². The number of amidine groups is 2. The lowest BCUT2D eigenvalue weighted by Gasteiger charge is -2.06. The van der Waals surface area contributed by atoms with Crippen LogP contribution in [0.5, 0.6) is 0 Å². The lowest BCUT2D eigenvalue weighted by atomic mass is 10.3. The normalized spacial score (nSPS) is 11.6. The third-order valence-corrected chi connectivity index (χ3v) is 3.88. The van der Waals surface area contributed by atoms with E-state index in [1.54, 1.807) is 36.4 Å². The van der Waals surface area contributed by atoms with E-state index in [0.717, 1.165) is 0 Å². The molecule has 0 fully saturated rings. The number of nitrogens with one attached hydrogen (secondary N) is 2. The largest absolute Gasteiger partial charge is 0.380 e. The van der Waals surface area contributed by atoms with Gasteiger partial charge >= 0.3 is 0 Å². The van der Waals surface area contributed by atoms with E-state index in [-0.39, 0.29) is 28.1 Å². The van der Waals surface area contributed by atoms with Crippen molar-refractivity contribution in [1.29, 1.82) is 0 Å². The molecule has 0 aliphatic heterocycles. The van der Waals surface area contributed by atoms with Crippen LogP contribution in [0.25, 0.3) is 0 Å². The quantitative estimate of drug-likeness (QED) is 0.248. The molecule has 0 saturated carbocycles. The van der Waals surface area contributed by atoms with Crippen molar-refractivity contribution < 1.29 is 9.59 Å². The number of nitrogens with zero attached hydrogens (tertiary/aromatic N) is 5. The number of hydrogen-bond donors (Lipinski definition) is 4. The van der Waals surface area contributed by atoms with Crippen molar-refractivity contribution in [3.63, 3.8) is 0 Å². The molecule has 3 rings (SSSR count). The van der Waals surface area contributed by atoms with E-state index in [1.807, 2.05) is 0 Å². The Kier molecular flexibility index (Phi) is 6.81. The molecule has 0 atom stereocenters. The minimum atomic E-state index is -0.730. The zero-order valence-electron chi connectivity index (χ0n) is 15.9. The molecule has 2 amide bonds. The second-order valence-electron chi connectivity index (χ2n) is 5.86. The average molecular weight is 438 g/mol. The summed E-state index contributed by atoms with van der Waals surface area (Å²) in [6.07, 6.45) is 3.07. The number of hydrazone groups is 2. The fourth-order valence-corrected chi connectivity index (χ4v) is 2.42. The molecule has 11 nitrogen and oxygen atoms in total. The molecule has 0 spiro atoms. The average Bonchev–Trinajstić information content (AvgIpc) is 2.81. The van der Waals surface area contributed by atoms with Crippen LogP contribution in [0, 0.1) is 0 Å². The van der Waals surface area contributed by atoms with Crippen molar-refractivity contribution in [2.75, 3.05) is 0 Å². The summed E-state index contributed by atoms with van der Waals surface area (Å²) in [5.74, 6) is -1.47. The second-order valence-corrected chi connectivity index (χ2v) is 6.30. The van der Waals surface area contributed by atoms with E-state index in [1.165, 1.54) is 24.5 Å². The fourth-order valence-electron chi connectivity index (χ4n) is 2.21. The molecule has 0 radical (unpaired) electrons. The minimum absolute atomic E-state index is 0.00622. The van der Waals surface area contributed by atoms with Crippen LogP contribution in [0.15, 0.2) is 71.1 Å². The summed E-state index contributed by atoms with van der Waals surface area (Å²) >= 11 is 6.01. The highest BCUT2D eigenvalue weighted by molar-refractivity contribution is 6.31. The molecule has 0 bridgehead atoms. The molecular weight excluding hydrogens is 422 g/mol. The zero-order valence-corrected chi connectivity index (χ0v) is 16.6. The van der Waals surface area contributed by atoms with Gasteiger partial charge in [-0.15, -0.1) is 0 Å². The first kappa shape index (κ1) is 21.3. The van der Waals surface area contributed by atoms with E-state index >= 15 is 0 Å². The summed E-state index contributed by atoms with van der Waals surface area (Å²) in [7, 11) is 0. The molecule has 0 aromatic carbocycles. The Morgan fingerprint density at radius 2 is 1.23 bits per heavy atom. The summed E-state index contributed by atoms with van der Waals surface area (Å²) in [4.78, 5) is 36.7. The van der Waals surface area contributed by atoms with E-state index in [9.17, 15) is 9.59 Å². The van der Waals surface area contributed by atoms with Crippen molar-refractivity contribution in [2.45, 2.75) is 0 Å². The van der Waals surface area contributed by atoms with Crippen LogP contribution in [-0.2, 0) is 0 Å². The lowest BCUT2D eigenvalue weighted by Crippen LogP contribution is -2.27. The Morgan fingerprint density at radius 1 is 0.774 bits per heavy atom. The number of rotatable bonds is 6. The van der Waals surface area contributed by atoms with Crippen molar-refractivity contribution in [1.82, 2.24) is 25.8 Å². The van der Waals surface area contributed by atoms with Gasteiger partial charge in [0.2, 0.25) is 0 Å². The summed E-state index contributed by atoms with van der Waals surface area (Å²) < 4.78 is 0. The molecule has 0 saturated heterocycles. The van der Waals surface area contributed by atoms with Crippen molar-refractivity contribution in [3.8, 4) is 0 Å². The number of pyridine rings is 3. The van der Waals surface area contributed by atoms with Crippen LogP contribution in [0.4, 0.5) is 0 Å². The maximum atomic E-state index is 12.4. The van der Waals surface area contributed by atoms with Gasteiger partial charge in [0, 0.05) is 17.4 Å². The highest BCUT2D eigenvalue weighted by Gasteiger charge is 2.15. The van der Waals surface area contributed by atoms with E-state index in [0.29, 0.717) is 11.4 Å². The minimum Gasteiger partial charge on any atom is -0.380 e. The van der Waals surface area contributed by atoms with Crippen LogP contribution >= 0.6 is 11.6 Å². The molecule has 0 aliphatic rings. The number of halogens is 1. The maximum absolute atomic E-state index is 12.4. The first-order valence-corrected chi connectivity index (χ1v) is 9.09. The second kappa shape index (κ2) is 9.89. The third kappa shape index (κ3) is 5.81. The van der Waals surface area contributed by atoms with E-state index in [2.05, 4.69) is 36.0 Å². The highest BCUT2D eigenvalue weighted by atomic mass is 35.5. The number of amides is 2. The van der Waals surface area contributed by atoms with Gasteiger partial charge in [-0.25, -0.2) is 15.8 Å². The van der Waals surface area contributed by atoms with Crippen molar-refractivity contribution in [3.05, 3.63) is 88.7 Å². The Labute approximate surface area is 181 Å². The molecule has 0 aliphatic carbocycles. The van der Waals surface area contributed by atoms with Gasteiger partial charge < -0.3 is 11.5 Å². The van der Waals surface area contributed by atoms with Crippen LogP contribution < -0.4 is 22.3 Å². The molecule has 0 unspecified atom stereocenters. The third-order valence-electron chi connectivity index (χ3n) is 3.67. The first-order valence-electron chi connectivity index (χ1n) is 8.71. The van der Waals surface area contributed by atoms with Gasteiger partial charge in [0.25, 0.3) is 11.8 Å². The predicted molar refractivity (Wildman–Crippen MR) is 114 cm³/mol. The molecular formula is C19H16ClN9O2. The zero-order chi connectivity index (χ0) is 22.2. The smallest absolute Gasteiger partial charge is 0.290 e. The predicted octanol–water partition coefficient (Wildman–Crippen LogP) is 0.626. The van der Waals surface area contributed by atoms with Crippen LogP contribution in [0.1, 0.15) is 32.4 Å².